The van der Waals surface area contributed by atoms with Crippen LogP contribution in [0.25, 0.3) is 0 Å². The highest BCUT2D eigenvalue weighted by Gasteiger charge is 2.72. The third-order valence-electron chi connectivity index (χ3n) is 13.6. The van der Waals surface area contributed by atoms with E-state index in [-0.39, 0.29) is 52.8 Å². The number of esters is 1. The van der Waals surface area contributed by atoms with E-state index in [9.17, 15) is 19.5 Å². The Balaban J connectivity index is 0.00000353. The molecule has 7 heteroatoms. The molecule has 220 valence electrons. The lowest BCUT2D eigenvalue weighted by molar-refractivity contribution is -0.221. The van der Waals surface area contributed by atoms with Crippen molar-refractivity contribution in [3.8, 4) is 0 Å². The Morgan fingerprint density at radius 2 is 1.67 bits per heavy atom. The largest absolute Gasteiger partial charge is 0.481 e. The average Bonchev–Trinajstić information content (AvgIpc) is 2.84. The maximum atomic E-state index is 14.4. The highest BCUT2D eigenvalue weighted by Crippen LogP contribution is 2.75. The quantitative estimate of drug-likeness (QED) is 0.396. The smallest absolute Gasteiger partial charge is 0.320 e. The first-order valence-electron chi connectivity index (χ1n) is 15.0. The van der Waals surface area contributed by atoms with Crippen molar-refractivity contribution in [1.29, 1.82) is 0 Å². The summed E-state index contributed by atoms with van der Waals surface area (Å²) in [5, 5.41) is 10.6. The molecule has 0 aliphatic heterocycles. The zero-order valence-electron chi connectivity index (χ0n) is 25.0. The zero-order valence-corrected chi connectivity index (χ0v) is 25.8. The second kappa shape index (κ2) is 9.58. The van der Waals surface area contributed by atoms with Crippen LogP contribution in [-0.4, -0.2) is 35.5 Å². The van der Waals surface area contributed by atoms with Gasteiger partial charge in [0.15, 0.2) is 5.78 Å². The van der Waals surface area contributed by atoms with Crippen molar-refractivity contribution in [2.45, 2.75) is 106 Å². The molecule has 3 N–H and O–H groups in total. The van der Waals surface area contributed by atoms with E-state index >= 15 is 0 Å². The Morgan fingerprint density at radius 3 is 2.28 bits per heavy atom. The predicted molar refractivity (Wildman–Crippen MR) is 153 cm³/mol. The fraction of sp³-hybridized carbons (Fsp3) is 0.844. The molecule has 0 amide bonds. The van der Waals surface area contributed by atoms with E-state index in [2.05, 4.69) is 47.6 Å². The third-order valence-corrected chi connectivity index (χ3v) is 13.6. The minimum Gasteiger partial charge on any atom is -0.481 e. The second-order valence-electron chi connectivity index (χ2n) is 15.1. The number of halogens is 1. The van der Waals surface area contributed by atoms with Crippen molar-refractivity contribution >= 4 is 30.1 Å². The molecule has 0 aromatic carbocycles. The van der Waals surface area contributed by atoms with Gasteiger partial charge in [-0.05, 0) is 110 Å². The van der Waals surface area contributed by atoms with Gasteiger partial charge in [0.1, 0.15) is 11.5 Å². The first-order chi connectivity index (χ1) is 17.6. The van der Waals surface area contributed by atoms with Crippen molar-refractivity contribution in [1.82, 2.24) is 0 Å². The number of rotatable bonds is 3. The molecule has 11 atom stereocenters. The molecule has 6 nitrogen and oxygen atoms in total. The van der Waals surface area contributed by atoms with Crippen LogP contribution in [-0.2, 0) is 19.1 Å². The van der Waals surface area contributed by atoms with Crippen molar-refractivity contribution < 1.29 is 24.2 Å². The number of carbonyl (C=O) groups is 3. The van der Waals surface area contributed by atoms with Crippen LogP contribution in [0.3, 0.4) is 0 Å². The molecular weight excluding hydrogens is 514 g/mol. The van der Waals surface area contributed by atoms with Gasteiger partial charge in [0, 0.05) is 5.92 Å². The van der Waals surface area contributed by atoms with Gasteiger partial charge >= 0.3 is 11.9 Å². The van der Waals surface area contributed by atoms with Gasteiger partial charge in [0.25, 0.3) is 0 Å². The Hall–Kier alpha value is -1.40. The van der Waals surface area contributed by atoms with Crippen LogP contribution in [0.15, 0.2) is 11.6 Å². The molecule has 5 rings (SSSR count). The molecule has 0 bridgehead atoms. The number of nitrogens with two attached hydrogens (primary N) is 1. The molecule has 39 heavy (non-hydrogen) atoms. The van der Waals surface area contributed by atoms with Crippen molar-refractivity contribution in [2.24, 2.45) is 62.4 Å². The summed E-state index contributed by atoms with van der Waals surface area (Å²) in [7, 11) is 0. The maximum absolute atomic E-state index is 14.4. The first-order valence-corrected chi connectivity index (χ1v) is 15.0. The Kier molecular flexibility index (Phi) is 7.50. The standard InChI is InChI=1S/C32H49NO5.ClH/c1-18-8-11-28(3)14-15-30(5)20(25(28)19(18)2)16-21(34)26-29(4)12-10-23(38-24(35)17-33)32(7,27(36)37)22(29)9-13-31(26,30)6;/h16,18-19,22-23,25-26H,8-15,17,33H2,1-7H3,(H,36,37);1H/t18-,19+,22?,23-,25?,26?,28-,29+,30-,31-,32-;/m1./s1. The summed E-state index contributed by atoms with van der Waals surface area (Å²) in [6.07, 6.45) is 8.70. The van der Waals surface area contributed by atoms with Crippen LogP contribution in [0, 0.1) is 56.7 Å². The Bertz CT molecular complexity index is 1090. The molecule has 4 fully saturated rings. The van der Waals surface area contributed by atoms with E-state index in [0.717, 1.165) is 12.8 Å². The number of ketones is 1. The average molecular weight is 564 g/mol. The van der Waals surface area contributed by atoms with Gasteiger partial charge in [-0.2, -0.15) is 0 Å². The SMILES string of the molecule is C[C@@H]1CC[C@]2(C)CC[C@]3(C)C(=CC(=O)C4[C@@]5(C)CC[C@@H](OC(=O)CN)[C@](C)(C(=O)O)C5CC[C@]43C)C2[C@H]1C.Cl. The molecule has 5 aliphatic rings. The van der Waals surface area contributed by atoms with Crippen molar-refractivity contribution in [3.63, 3.8) is 0 Å². The molecule has 0 radical (unpaired) electrons. The Labute approximate surface area is 240 Å². The summed E-state index contributed by atoms with van der Waals surface area (Å²) in [6, 6.07) is 0. The number of allylic oxidation sites excluding steroid dienone is 2. The summed E-state index contributed by atoms with van der Waals surface area (Å²) < 4.78 is 5.66. The summed E-state index contributed by atoms with van der Waals surface area (Å²) in [6.45, 7) is 15.7. The number of carboxylic acid groups (broad SMARTS) is 1. The molecular formula is C32H50ClNO5. The minimum atomic E-state index is -1.26. The summed E-state index contributed by atoms with van der Waals surface area (Å²) in [5.74, 6) is -0.207. The topological polar surface area (TPSA) is 107 Å². The molecule has 0 aromatic rings. The van der Waals surface area contributed by atoms with Gasteiger partial charge in [-0.25, -0.2) is 0 Å². The van der Waals surface area contributed by atoms with Crippen molar-refractivity contribution in [2.75, 3.05) is 6.54 Å². The van der Waals surface area contributed by atoms with Crippen LogP contribution in [0.1, 0.15) is 99.8 Å². The fourth-order valence-corrected chi connectivity index (χ4v) is 11.0. The third kappa shape index (κ3) is 3.86. The lowest BCUT2D eigenvalue weighted by Crippen LogP contribution is -2.68. The number of hydrogen-bond donors (Lipinski definition) is 2. The highest BCUT2D eigenvalue weighted by atomic mass is 35.5. The second-order valence-corrected chi connectivity index (χ2v) is 15.1. The molecule has 0 saturated heterocycles. The maximum Gasteiger partial charge on any atom is 0.320 e. The van der Waals surface area contributed by atoms with Crippen LogP contribution in [0.4, 0.5) is 0 Å². The molecule has 5 aliphatic carbocycles. The number of carbonyl (C=O) groups excluding carboxylic acids is 2. The van der Waals surface area contributed by atoms with Gasteiger partial charge in [-0.1, -0.05) is 47.1 Å². The van der Waals surface area contributed by atoms with Gasteiger partial charge in [-0.3, -0.25) is 14.4 Å². The van der Waals surface area contributed by atoms with E-state index in [1.807, 2.05) is 0 Å². The Morgan fingerprint density at radius 1 is 1.00 bits per heavy atom. The lowest BCUT2D eigenvalue weighted by atomic mass is 9.33. The molecule has 0 aromatic heterocycles. The normalized spacial score (nSPS) is 50.7. The van der Waals surface area contributed by atoms with Gasteiger partial charge < -0.3 is 15.6 Å². The van der Waals surface area contributed by atoms with Crippen LogP contribution < -0.4 is 5.73 Å². The molecule has 0 spiro atoms. The number of ether oxygens (including phenoxy) is 1. The van der Waals surface area contributed by atoms with E-state index in [1.54, 1.807) is 6.92 Å². The number of hydrogen-bond acceptors (Lipinski definition) is 5. The van der Waals surface area contributed by atoms with E-state index in [4.69, 9.17) is 10.5 Å². The van der Waals surface area contributed by atoms with Crippen LogP contribution in [0.5, 0.6) is 0 Å². The fourth-order valence-electron chi connectivity index (χ4n) is 11.0. The van der Waals surface area contributed by atoms with Crippen LogP contribution >= 0.6 is 12.4 Å². The highest BCUT2D eigenvalue weighted by molar-refractivity contribution is 5.96. The van der Waals surface area contributed by atoms with Crippen molar-refractivity contribution in [3.05, 3.63) is 11.6 Å². The van der Waals surface area contributed by atoms with Gasteiger partial charge in [0.2, 0.25) is 0 Å². The van der Waals surface area contributed by atoms with Gasteiger partial charge in [-0.15, -0.1) is 12.4 Å². The van der Waals surface area contributed by atoms with E-state index in [0.29, 0.717) is 37.0 Å². The number of aliphatic carboxylic acids is 1. The monoisotopic (exact) mass is 563 g/mol. The molecule has 3 unspecified atom stereocenters. The lowest BCUT2D eigenvalue weighted by Gasteiger charge is -2.70. The summed E-state index contributed by atoms with van der Waals surface area (Å²) in [4.78, 5) is 39.5. The van der Waals surface area contributed by atoms with Gasteiger partial charge in [0.05, 0.1) is 6.54 Å². The van der Waals surface area contributed by atoms with E-state index in [1.165, 1.54) is 24.8 Å². The van der Waals surface area contributed by atoms with E-state index < -0.39 is 28.9 Å². The first kappa shape index (κ1) is 30.6. The predicted octanol–water partition coefficient (Wildman–Crippen LogP) is 6.20. The summed E-state index contributed by atoms with van der Waals surface area (Å²) in [5.41, 5.74) is 5.08. The molecule has 0 heterocycles. The minimum absolute atomic E-state index is 0. The summed E-state index contributed by atoms with van der Waals surface area (Å²) >= 11 is 0. The zero-order chi connectivity index (χ0) is 28.1. The number of fused-ring (bicyclic) bond motifs is 7. The van der Waals surface area contributed by atoms with Crippen LogP contribution in [0.2, 0.25) is 0 Å². The molecule has 4 saturated carbocycles. The number of carboxylic acids is 1.